The van der Waals surface area contributed by atoms with Crippen molar-refractivity contribution in [3.63, 3.8) is 0 Å². The van der Waals surface area contributed by atoms with E-state index >= 15 is 0 Å². The van der Waals surface area contributed by atoms with Gasteiger partial charge in [0.15, 0.2) is 11.6 Å². The number of aryl methyl sites for hydroxylation is 1. The van der Waals surface area contributed by atoms with E-state index in [9.17, 15) is 8.78 Å². The van der Waals surface area contributed by atoms with Gasteiger partial charge in [-0.15, -0.1) is 0 Å². The fraction of sp³-hybridized carbons (Fsp3) is 0.250. The molecule has 0 aliphatic heterocycles. The second-order valence-corrected chi connectivity index (χ2v) is 5.69. The van der Waals surface area contributed by atoms with Crippen molar-refractivity contribution in [1.82, 2.24) is 5.32 Å². The molecule has 0 spiro atoms. The monoisotopic (exact) mass is 339 g/mol. The van der Waals surface area contributed by atoms with Gasteiger partial charge in [0.1, 0.15) is 0 Å². The average molecular weight is 340 g/mol. The predicted molar refractivity (Wildman–Crippen MR) is 80.7 cm³/mol. The molecular weight excluding hydrogens is 324 g/mol. The summed E-state index contributed by atoms with van der Waals surface area (Å²) in [6.45, 7) is 1.56. The van der Waals surface area contributed by atoms with Gasteiger partial charge in [-0.3, -0.25) is 0 Å². The summed E-state index contributed by atoms with van der Waals surface area (Å²) in [5.41, 5.74) is 1.73. The first-order chi connectivity index (χ1) is 9.52. The van der Waals surface area contributed by atoms with Crippen molar-refractivity contribution in [3.8, 4) is 0 Å². The van der Waals surface area contributed by atoms with Crippen molar-refractivity contribution in [2.24, 2.45) is 0 Å². The van der Waals surface area contributed by atoms with Crippen molar-refractivity contribution in [3.05, 3.63) is 69.2 Å². The quantitative estimate of drug-likeness (QED) is 0.862. The Hall–Kier alpha value is -1.26. The zero-order chi connectivity index (χ0) is 14.7. The molecule has 0 aliphatic rings. The molecule has 0 amide bonds. The first-order valence-corrected chi connectivity index (χ1v) is 7.18. The van der Waals surface area contributed by atoms with Crippen molar-refractivity contribution >= 4 is 15.9 Å². The van der Waals surface area contributed by atoms with Crippen LogP contribution in [-0.2, 0) is 6.42 Å². The van der Waals surface area contributed by atoms with E-state index in [1.54, 1.807) is 26.1 Å². The average Bonchev–Trinajstić information content (AvgIpc) is 2.43. The van der Waals surface area contributed by atoms with Crippen molar-refractivity contribution in [2.75, 3.05) is 7.05 Å². The van der Waals surface area contributed by atoms with Gasteiger partial charge in [0.2, 0.25) is 0 Å². The largest absolute Gasteiger partial charge is 0.313 e. The molecule has 0 fully saturated rings. The molecule has 1 unspecified atom stereocenters. The summed E-state index contributed by atoms with van der Waals surface area (Å²) in [7, 11) is 1.75. The Balaban J connectivity index is 2.31. The van der Waals surface area contributed by atoms with Crippen LogP contribution >= 0.6 is 15.9 Å². The number of nitrogens with one attached hydrogen (secondary N) is 1. The summed E-state index contributed by atoms with van der Waals surface area (Å²) in [5.74, 6) is -1.53. The maximum absolute atomic E-state index is 14.1. The Bertz CT molecular complexity index is 613. The summed E-state index contributed by atoms with van der Waals surface area (Å²) < 4.78 is 28.7. The Morgan fingerprint density at radius 3 is 2.55 bits per heavy atom. The number of rotatable bonds is 4. The first kappa shape index (κ1) is 15.1. The molecule has 2 aromatic carbocycles. The van der Waals surface area contributed by atoms with Crippen molar-refractivity contribution in [2.45, 2.75) is 19.4 Å². The molecule has 2 aromatic rings. The van der Waals surface area contributed by atoms with Crippen LogP contribution in [0.2, 0.25) is 0 Å². The highest BCUT2D eigenvalue weighted by Crippen LogP contribution is 2.25. The second-order valence-electron chi connectivity index (χ2n) is 4.77. The normalized spacial score (nSPS) is 12.4. The molecule has 0 aliphatic carbocycles. The third-order valence-electron chi connectivity index (χ3n) is 3.36. The number of hydrogen-bond donors (Lipinski definition) is 1. The molecule has 106 valence electrons. The van der Waals surface area contributed by atoms with Gasteiger partial charge in [-0.25, -0.2) is 8.78 Å². The summed E-state index contributed by atoms with van der Waals surface area (Å²) >= 11 is 3.41. The lowest BCUT2D eigenvalue weighted by Crippen LogP contribution is -2.20. The van der Waals surface area contributed by atoms with Crippen LogP contribution in [0.15, 0.2) is 40.9 Å². The molecule has 1 N–H and O–H groups in total. The van der Waals surface area contributed by atoms with Crippen molar-refractivity contribution in [1.29, 1.82) is 0 Å². The molecule has 1 atom stereocenters. The smallest absolute Gasteiger partial charge is 0.163 e. The van der Waals surface area contributed by atoms with Gasteiger partial charge in [-0.1, -0.05) is 40.2 Å². The van der Waals surface area contributed by atoms with Gasteiger partial charge in [0, 0.05) is 16.1 Å². The maximum atomic E-state index is 14.1. The Kier molecular flexibility index (Phi) is 4.89. The summed E-state index contributed by atoms with van der Waals surface area (Å²) in [6.07, 6.45) is 0.593. The lowest BCUT2D eigenvalue weighted by molar-refractivity contribution is 0.469. The molecule has 0 saturated heterocycles. The highest BCUT2D eigenvalue weighted by molar-refractivity contribution is 9.10. The Labute approximate surface area is 126 Å². The summed E-state index contributed by atoms with van der Waals surface area (Å²) in [5, 5.41) is 3.05. The Morgan fingerprint density at radius 2 is 1.90 bits per heavy atom. The summed E-state index contributed by atoms with van der Waals surface area (Å²) in [6, 6.07) is 10.8. The van der Waals surface area contributed by atoms with E-state index in [0.29, 0.717) is 17.5 Å². The number of benzene rings is 2. The molecule has 2 rings (SSSR count). The van der Waals surface area contributed by atoms with Crippen LogP contribution < -0.4 is 5.32 Å². The van der Waals surface area contributed by atoms with Crippen LogP contribution in [0.25, 0.3) is 0 Å². The van der Waals surface area contributed by atoms with Crippen LogP contribution in [0, 0.1) is 18.6 Å². The molecule has 20 heavy (non-hydrogen) atoms. The Morgan fingerprint density at radius 1 is 1.15 bits per heavy atom. The third-order valence-corrected chi connectivity index (χ3v) is 3.85. The fourth-order valence-electron chi connectivity index (χ4n) is 2.20. The first-order valence-electron chi connectivity index (χ1n) is 6.39. The van der Waals surface area contributed by atoms with E-state index in [-0.39, 0.29) is 6.04 Å². The van der Waals surface area contributed by atoms with Crippen LogP contribution in [0.5, 0.6) is 0 Å². The minimum Gasteiger partial charge on any atom is -0.313 e. The van der Waals surface area contributed by atoms with Gasteiger partial charge >= 0.3 is 0 Å². The van der Waals surface area contributed by atoms with E-state index in [4.69, 9.17) is 0 Å². The lowest BCUT2D eigenvalue weighted by atomic mass is 9.97. The highest BCUT2D eigenvalue weighted by Gasteiger charge is 2.18. The second kappa shape index (κ2) is 6.46. The maximum Gasteiger partial charge on any atom is 0.163 e. The lowest BCUT2D eigenvalue weighted by Gasteiger charge is -2.18. The minimum atomic E-state index is -0.767. The van der Waals surface area contributed by atoms with E-state index in [1.807, 2.05) is 24.3 Å². The zero-order valence-corrected chi connectivity index (χ0v) is 13.0. The van der Waals surface area contributed by atoms with Crippen LogP contribution in [0.4, 0.5) is 8.78 Å². The van der Waals surface area contributed by atoms with Crippen LogP contribution in [0.3, 0.4) is 0 Å². The van der Waals surface area contributed by atoms with Gasteiger partial charge in [-0.2, -0.15) is 0 Å². The van der Waals surface area contributed by atoms with E-state index in [2.05, 4.69) is 21.2 Å². The highest BCUT2D eigenvalue weighted by atomic mass is 79.9. The number of likely N-dealkylation sites (N-methyl/N-ethyl adjacent to an activating group) is 1. The fourth-order valence-corrected chi connectivity index (χ4v) is 2.64. The SMILES string of the molecule is CNC(Cc1cccc(Br)c1)c1ccc(C)c(F)c1F. The van der Waals surface area contributed by atoms with Crippen molar-refractivity contribution < 1.29 is 8.78 Å². The van der Waals surface area contributed by atoms with Crippen LogP contribution in [-0.4, -0.2) is 7.05 Å². The van der Waals surface area contributed by atoms with Gasteiger partial charge in [0.25, 0.3) is 0 Å². The predicted octanol–water partition coefficient (Wildman–Crippen LogP) is 4.54. The molecular formula is C16H16BrF2N. The molecule has 0 aromatic heterocycles. The third kappa shape index (κ3) is 3.25. The van der Waals surface area contributed by atoms with Gasteiger partial charge in [0.05, 0.1) is 0 Å². The molecule has 1 nitrogen and oxygen atoms in total. The molecule has 0 saturated carbocycles. The van der Waals surface area contributed by atoms with E-state index in [1.165, 1.54) is 0 Å². The molecule has 0 bridgehead atoms. The molecule has 4 heteroatoms. The standard InChI is InChI=1S/C16H16BrF2N/c1-10-6-7-13(16(19)15(10)18)14(20-2)9-11-4-3-5-12(17)8-11/h3-8,14,20H,9H2,1-2H3. The molecule has 0 radical (unpaired) electrons. The summed E-state index contributed by atoms with van der Waals surface area (Å²) in [4.78, 5) is 0. The van der Waals surface area contributed by atoms with E-state index in [0.717, 1.165) is 10.0 Å². The van der Waals surface area contributed by atoms with Crippen LogP contribution in [0.1, 0.15) is 22.7 Å². The van der Waals surface area contributed by atoms with E-state index < -0.39 is 11.6 Å². The number of halogens is 3. The molecule has 0 heterocycles. The minimum absolute atomic E-state index is 0.264. The topological polar surface area (TPSA) is 12.0 Å². The van der Waals surface area contributed by atoms with Gasteiger partial charge < -0.3 is 5.32 Å². The number of hydrogen-bond acceptors (Lipinski definition) is 1. The zero-order valence-electron chi connectivity index (χ0n) is 11.4. The van der Waals surface area contributed by atoms with Gasteiger partial charge in [-0.05, 0) is 43.7 Å².